The second-order valence-corrected chi connectivity index (χ2v) is 3.83. The molecule has 0 heterocycles. The summed E-state index contributed by atoms with van der Waals surface area (Å²) in [6, 6.07) is 4.65. The second-order valence-electron chi connectivity index (χ2n) is 3.39. The third kappa shape index (κ3) is 3.35. The number of benzene rings is 1. The van der Waals surface area contributed by atoms with Crippen molar-refractivity contribution < 1.29 is 24.5 Å². The zero-order chi connectivity index (χ0) is 13.0. The summed E-state index contributed by atoms with van der Waals surface area (Å²) >= 11 is 5.77. The molecule has 0 aliphatic carbocycles. The van der Waals surface area contributed by atoms with E-state index >= 15 is 0 Å². The molecule has 0 aliphatic rings. The van der Waals surface area contributed by atoms with Crippen LogP contribution >= 0.6 is 11.6 Å². The van der Waals surface area contributed by atoms with Crippen LogP contribution in [0.25, 0.3) is 0 Å². The highest BCUT2D eigenvalue weighted by molar-refractivity contribution is 6.30. The molecule has 0 aliphatic heterocycles. The quantitative estimate of drug-likeness (QED) is 0.785. The van der Waals surface area contributed by atoms with Crippen LogP contribution in [0.1, 0.15) is 5.56 Å². The average Bonchev–Trinajstić information content (AvgIpc) is 2.25. The van der Waals surface area contributed by atoms with Gasteiger partial charge in [0.1, 0.15) is 5.75 Å². The molecule has 0 bridgehead atoms. The zero-order valence-corrected chi connectivity index (χ0v) is 9.77. The number of carbonyl (C=O) groups is 2. The van der Waals surface area contributed by atoms with Gasteiger partial charge in [0, 0.05) is 11.4 Å². The molecule has 0 aromatic heterocycles. The van der Waals surface area contributed by atoms with Crippen LogP contribution in [0.4, 0.5) is 0 Å². The van der Waals surface area contributed by atoms with Gasteiger partial charge in [-0.2, -0.15) is 0 Å². The molecule has 0 fully saturated rings. The zero-order valence-electron chi connectivity index (χ0n) is 9.01. The van der Waals surface area contributed by atoms with Gasteiger partial charge < -0.3 is 14.9 Å². The van der Waals surface area contributed by atoms with Crippen LogP contribution in [0.5, 0.6) is 5.75 Å². The number of halogens is 1. The molecule has 0 radical (unpaired) electrons. The fourth-order valence-electron chi connectivity index (χ4n) is 1.41. The highest BCUT2D eigenvalue weighted by Gasteiger charge is 2.27. The second kappa shape index (κ2) is 5.54. The molecule has 5 nitrogen and oxygen atoms in total. The Kier molecular flexibility index (Phi) is 4.34. The van der Waals surface area contributed by atoms with E-state index in [0.29, 0.717) is 16.3 Å². The van der Waals surface area contributed by atoms with Gasteiger partial charge in [0.05, 0.1) is 7.11 Å². The van der Waals surface area contributed by atoms with Gasteiger partial charge >= 0.3 is 11.9 Å². The Labute approximate surface area is 103 Å². The van der Waals surface area contributed by atoms with Crippen molar-refractivity contribution in [3.05, 3.63) is 28.8 Å². The smallest absolute Gasteiger partial charge is 0.318 e. The first-order chi connectivity index (χ1) is 7.95. The normalized spacial score (nSPS) is 10.3. The minimum atomic E-state index is -1.51. The van der Waals surface area contributed by atoms with Crippen LogP contribution in [-0.2, 0) is 16.0 Å². The summed E-state index contributed by atoms with van der Waals surface area (Å²) < 4.78 is 5.02. The third-order valence-corrected chi connectivity index (χ3v) is 2.50. The van der Waals surface area contributed by atoms with Crippen LogP contribution in [-0.4, -0.2) is 29.3 Å². The van der Waals surface area contributed by atoms with E-state index < -0.39 is 17.9 Å². The summed E-state index contributed by atoms with van der Waals surface area (Å²) in [6.07, 6.45) is -0.172. The monoisotopic (exact) mass is 258 g/mol. The number of carboxylic acid groups (broad SMARTS) is 2. The third-order valence-electron chi connectivity index (χ3n) is 2.26. The molecule has 1 aromatic rings. The molecule has 0 saturated carbocycles. The number of hydrogen-bond acceptors (Lipinski definition) is 3. The molecule has 0 saturated heterocycles. The lowest BCUT2D eigenvalue weighted by Gasteiger charge is -2.11. The minimum Gasteiger partial charge on any atom is -0.496 e. The summed E-state index contributed by atoms with van der Waals surface area (Å²) in [5.41, 5.74) is 0.454. The largest absolute Gasteiger partial charge is 0.496 e. The number of hydrogen-bond donors (Lipinski definition) is 2. The van der Waals surface area contributed by atoms with Gasteiger partial charge in [0.15, 0.2) is 5.92 Å². The van der Waals surface area contributed by atoms with E-state index in [1.165, 1.54) is 13.2 Å². The summed E-state index contributed by atoms with van der Waals surface area (Å²) in [6.45, 7) is 0. The lowest BCUT2D eigenvalue weighted by molar-refractivity contribution is -0.154. The molecule has 0 amide bonds. The van der Waals surface area contributed by atoms with Crippen LogP contribution in [0, 0.1) is 5.92 Å². The molecule has 6 heteroatoms. The van der Waals surface area contributed by atoms with Crippen molar-refractivity contribution in [2.24, 2.45) is 5.92 Å². The number of methoxy groups -OCH3 is 1. The lowest BCUT2D eigenvalue weighted by Crippen LogP contribution is -2.25. The Balaban J connectivity index is 3.03. The molecule has 0 spiro atoms. The maximum atomic E-state index is 10.8. The van der Waals surface area contributed by atoms with Crippen LogP contribution in [0.15, 0.2) is 18.2 Å². The Morgan fingerprint density at radius 1 is 1.35 bits per heavy atom. The molecule has 0 atom stereocenters. The van der Waals surface area contributed by atoms with Gasteiger partial charge in [0.25, 0.3) is 0 Å². The number of aliphatic carboxylic acids is 2. The fraction of sp³-hybridized carbons (Fsp3) is 0.273. The first kappa shape index (κ1) is 13.3. The summed E-state index contributed by atoms with van der Waals surface area (Å²) in [5, 5.41) is 18.0. The van der Waals surface area contributed by atoms with Crippen LogP contribution in [0.2, 0.25) is 5.02 Å². The molecule has 2 N–H and O–H groups in total. The number of carboxylic acids is 2. The van der Waals surface area contributed by atoms with Gasteiger partial charge in [-0.3, -0.25) is 9.59 Å². The van der Waals surface area contributed by atoms with E-state index in [4.69, 9.17) is 26.6 Å². The van der Waals surface area contributed by atoms with Crippen molar-refractivity contribution in [2.45, 2.75) is 6.42 Å². The molecule has 92 valence electrons. The van der Waals surface area contributed by atoms with E-state index in [9.17, 15) is 9.59 Å². The van der Waals surface area contributed by atoms with E-state index in [-0.39, 0.29) is 6.42 Å². The van der Waals surface area contributed by atoms with Crippen LogP contribution in [0.3, 0.4) is 0 Å². The van der Waals surface area contributed by atoms with Gasteiger partial charge in [-0.05, 0) is 23.8 Å². The first-order valence-corrected chi connectivity index (χ1v) is 5.11. The van der Waals surface area contributed by atoms with Crippen molar-refractivity contribution in [3.63, 3.8) is 0 Å². The molecular formula is C11H11ClO5. The van der Waals surface area contributed by atoms with Gasteiger partial charge in [-0.1, -0.05) is 11.6 Å². The average molecular weight is 259 g/mol. The van der Waals surface area contributed by atoms with Gasteiger partial charge in [-0.15, -0.1) is 0 Å². The lowest BCUT2D eigenvalue weighted by atomic mass is 9.99. The summed E-state index contributed by atoms with van der Waals surface area (Å²) in [5.74, 6) is -3.87. The van der Waals surface area contributed by atoms with Crippen molar-refractivity contribution in [3.8, 4) is 5.75 Å². The van der Waals surface area contributed by atoms with Crippen molar-refractivity contribution in [1.29, 1.82) is 0 Å². The molecule has 1 rings (SSSR count). The molecule has 0 unspecified atom stereocenters. The Morgan fingerprint density at radius 2 is 1.94 bits per heavy atom. The topological polar surface area (TPSA) is 83.8 Å². The van der Waals surface area contributed by atoms with Gasteiger partial charge in [0.2, 0.25) is 0 Å². The first-order valence-electron chi connectivity index (χ1n) is 4.73. The highest BCUT2D eigenvalue weighted by atomic mass is 35.5. The predicted octanol–water partition coefficient (Wildman–Crippen LogP) is 1.68. The standard InChI is InChI=1S/C11H11ClO5/c1-17-9-3-2-7(12)4-6(9)5-8(10(13)14)11(15)16/h2-4,8H,5H2,1H3,(H,13,14)(H,15,16). The predicted molar refractivity (Wildman–Crippen MR) is 60.5 cm³/mol. The molecular weight excluding hydrogens is 248 g/mol. The minimum absolute atomic E-state index is 0.172. The van der Waals surface area contributed by atoms with Crippen molar-refractivity contribution >= 4 is 23.5 Å². The Morgan fingerprint density at radius 3 is 2.41 bits per heavy atom. The maximum absolute atomic E-state index is 10.8. The SMILES string of the molecule is COc1ccc(Cl)cc1CC(C(=O)O)C(=O)O. The van der Waals surface area contributed by atoms with E-state index in [2.05, 4.69) is 0 Å². The number of rotatable bonds is 5. The number of ether oxygens (including phenoxy) is 1. The van der Waals surface area contributed by atoms with E-state index in [1.807, 2.05) is 0 Å². The van der Waals surface area contributed by atoms with Gasteiger partial charge in [-0.25, -0.2) is 0 Å². The fourth-order valence-corrected chi connectivity index (χ4v) is 1.60. The molecule has 17 heavy (non-hydrogen) atoms. The Hall–Kier alpha value is -1.75. The molecule has 1 aromatic carbocycles. The maximum Gasteiger partial charge on any atom is 0.318 e. The summed E-state index contributed by atoms with van der Waals surface area (Å²) in [4.78, 5) is 21.6. The van der Waals surface area contributed by atoms with Crippen molar-refractivity contribution in [1.82, 2.24) is 0 Å². The van der Waals surface area contributed by atoms with Crippen LogP contribution < -0.4 is 4.74 Å². The highest BCUT2D eigenvalue weighted by Crippen LogP contribution is 2.25. The van der Waals surface area contributed by atoms with Crippen molar-refractivity contribution in [2.75, 3.05) is 7.11 Å². The van der Waals surface area contributed by atoms with E-state index in [0.717, 1.165) is 0 Å². The van der Waals surface area contributed by atoms with E-state index in [1.54, 1.807) is 12.1 Å². The Bertz CT molecular complexity index is 429. The summed E-state index contributed by atoms with van der Waals surface area (Å²) in [7, 11) is 1.42.